The van der Waals surface area contributed by atoms with Crippen LogP contribution in [0.4, 0.5) is 21.8 Å². The van der Waals surface area contributed by atoms with Crippen molar-refractivity contribution in [1.29, 1.82) is 0 Å². The second-order valence-electron chi connectivity index (χ2n) is 6.67. The smallest absolute Gasteiger partial charge is 0.277 e. The van der Waals surface area contributed by atoms with Crippen LogP contribution < -0.4 is 15.1 Å². The molecule has 0 saturated carbocycles. The van der Waals surface area contributed by atoms with Crippen LogP contribution in [0.3, 0.4) is 0 Å². The lowest BCUT2D eigenvalue weighted by molar-refractivity contribution is 0.102. The van der Waals surface area contributed by atoms with Gasteiger partial charge in [-0.2, -0.15) is 0 Å². The van der Waals surface area contributed by atoms with E-state index in [2.05, 4.69) is 20.4 Å². The molecule has 4 heterocycles. The number of carbonyl (C=O) groups excluding carboxylic acids is 1. The number of hydrogen-bond donors (Lipinski definition) is 1. The van der Waals surface area contributed by atoms with Gasteiger partial charge in [0.1, 0.15) is 23.6 Å². The van der Waals surface area contributed by atoms with Crippen molar-refractivity contribution in [2.24, 2.45) is 0 Å². The van der Waals surface area contributed by atoms with Gasteiger partial charge in [-0.15, -0.1) is 5.10 Å². The first kappa shape index (κ1) is 17.2. The number of nitrogens with zero attached hydrogens (tertiary/aromatic N) is 6. The lowest BCUT2D eigenvalue weighted by Crippen LogP contribution is -2.23. The third-order valence-electron chi connectivity index (χ3n) is 4.47. The summed E-state index contributed by atoms with van der Waals surface area (Å²) in [7, 11) is 3.76. The van der Waals surface area contributed by atoms with Crippen LogP contribution in [-0.2, 0) is 0 Å². The van der Waals surface area contributed by atoms with Gasteiger partial charge in [0.25, 0.3) is 5.91 Å². The Bertz CT molecular complexity index is 987. The number of nitrogens with one attached hydrogen (secondary N) is 1. The zero-order valence-electron chi connectivity index (χ0n) is 15.1. The second kappa shape index (κ2) is 6.82. The number of carbonyl (C=O) groups is 1. The number of halogens is 1. The monoisotopic (exact) mass is 369 g/mol. The molecular formula is C18H20FN7O. The molecule has 1 fully saturated rings. The number of aromatic nitrogens is 4. The third-order valence-corrected chi connectivity index (χ3v) is 4.47. The van der Waals surface area contributed by atoms with Gasteiger partial charge < -0.3 is 15.1 Å². The quantitative estimate of drug-likeness (QED) is 0.758. The van der Waals surface area contributed by atoms with Gasteiger partial charge in [-0.1, -0.05) is 6.07 Å². The van der Waals surface area contributed by atoms with Crippen molar-refractivity contribution in [2.45, 2.75) is 12.6 Å². The van der Waals surface area contributed by atoms with Crippen LogP contribution in [0.1, 0.15) is 16.9 Å². The molecule has 1 aliphatic rings. The first-order valence-corrected chi connectivity index (χ1v) is 8.71. The lowest BCUT2D eigenvalue weighted by Gasteiger charge is -2.16. The summed E-state index contributed by atoms with van der Waals surface area (Å²) in [5, 5.41) is 7.26. The van der Waals surface area contributed by atoms with E-state index in [1.807, 2.05) is 36.0 Å². The Morgan fingerprint density at radius 1 is 1.30 bits per heavy atom. The fourth-order valence-electron chi connectivity index (χ4n) is 3.04. The zero-order chi connectivity index (χ0) is 19.0. The Morgan fingerprint density at radius 2 is 2.15 bits per heavy atom. The Labute approximate surface area is 155 Å². The molecule has 3 aromatic rings. The maximum atomic E-state index is 13.5. The molecule has 0 aliphatic carbocycles. The number of rotatable bonds is 4. The molecular weight excluding hydrogens is 349 g/mol. The van der Waals surface area contributed by atoms with Gasteiger partial charge in [0, 0.05) is 20.6 Å². The van der Waals surface area contributed by atoms with E-state index >= 15 is 0 Å². The van der Waals surface area contributed by atoms with Crippen LogP contribution in [0, 0.1) is 0 Å². The van der Waals surface area contributed by atoms with E-state index in [0.29, 0.717) is 42.5 Å². The third kappa shape index (κ3) is 3.40. The predicted octanol–water partition coefficient (Wildman–Crippen LogP) is 1.99. The van der Waals surface area contributed by atoms with Crippen molar-refractivity contribution in [2.75, 3.05) is 42.3 Å². The Balaban J connectivity index is 1.61. The second-order valence-corrected chi connectivity index (χ2v) is 6.67. The number of amides is 1. The normalized spacial score (nSPS) is 16.7. The summed E-state index contributed by atoms with van der Waals surface area (Å²) in [4.78, 5) is 25.1. The van der Waals surface area contributed by atoms with Crippen LogP contribution in [0.2, 0.25) is 0 Å². The lowest BCUT2D eigenvalue weighted by atomic mass is 10.3. The van der Waals surface area contributed by atoms with Crippen molar-refractivity contribution in [3.8, 4) is 0 Å². The molecule has 4 rings (SSSR count). The average molecular weight is 369 g/mol. The Hall–Kier alpha value is -3.23. The molecule has 9 heteroatoms. The fraction of sp³-hybridized carbons (Fsp3) is 0.333. The molecule has 0 radical (unpaired) electrons. The molecule has 0 spiro atoms. The van der Waals surface area contributed by atoms with Crippen molar-refractivity contribution in [1.82, 2.24) is 19.6 Å². The van der Waals surface area contributed by atoms with Crippen molar-refractivity contribution in [3.63, 3.8) is 0 Å². The summed E-state index contributed by atoms with van der Waals surface area (Å²) in [6, 6.07) is 8.97. The maximum Gasteiger partial charge on any atom is 0.277 e. The van der Waals surface area contributed by atoms with Crippen LogP contribution in [0.5, 0.6) is 0 Å². The number of pyridine rings is 1. The topological polar surface area (TPSA) is 78.7 Å². The maximum absolute atomic E-state index is 13.5. The number of imidazole rings is 1. The molecule has 0 bridgehead atoms. The van der Waals surface area contributed by atoms with Crippen LogP contribution >= 0.6 is 0 Å². The van der Waals surface area contributed by atoms with Crippen molar-refractivity contribution in [3.05, 3.63) is 42.2 Å². The van der Waals surface area contributed by atoms with E-state index in [9.17, 15) is 9.18 Å². The highest BCUT2D eigenvalue weighted by Gasteiger charge is 2.24. The largest absolute Gasteiger partial charge is 0.363 e. The molecule has 1 atom stereocenters. The van der Waals surface area contributed by atoms with Gasteiger partial charge in [-0.25, -0.2) is 18.9 Å². The molecule has 1 N–H and O–H groups in total. The Kier molecular flexibility index (Phi) is 4.35. The minimum absolute atomic E-state index is 0.292. The van der Waals surface area contributed by atoms with Gasteiger partial charge in [-0.3, -0.25) is 4.79 Å². The van der Waals surface area contributed by atoms with Gasteiger partial charge >= 0.3 is 0 Å². The summed E-state index contributed by atoms with van der Waals surface area (Å²) in [6.45, 7) is 0.924. The summed E-state index contributed by atoms with van der Waals surface area (Å²) < 4.78 is 15.0. The minimum Gasteiger partial charge on any atom is -0.363 e. The highest BCUT2D eigenvalue weighted by atomic mass is 19.1. The average Bonchev–Trinajstić information content (AvgIpc) is 3.27. The Morgan fingerprint density at radius 3 is 2.89 bits per heavy atom. The van der Waals surface area contributed by atoms with Crippen LogP contribution in [0.15, 0.2) is 36.5 Å². The summed E-state index contributed by atoms with van der Waals surface area (Å²) in [5.41, 5.74) is 0.842. The van der Waals surface area contributed by atoms with Gasteiger partial charge in [0.2, 0.25) is 0 Å². The number of fused-ring (bicyclic) bond motifs is 1. The van der Waals surface area contributed by atoms with E-state index < -0.39 is 6.17 Å². The predicted molar refractivity (Wildman–Crippen MR) is 101 cm³/mol. The summed E-state index contributed by atoms with van der Waals surface area (Å²) in [5.74, 6) is 1.45. The molecule has 1 aliphatic heterocycles. The first-order valence-electron chi connectivity index (χ1n) is 8.71. The van der Waals surface area contributed by atoms with E-state index in [4.69, 9.17) is 0 Å². The highest BCUT2D eigenvalue weighted by Crippen LogP contribution is 2.21. The van der Waals surface area contributed by atoms with E-state index in [1.54, 1.807) is 18.2 Å². The molecule has 140 valence electrons. The molecule has 0 aromatic carbocycles. The van der Waals surface area contributed by atoms with Crippen molar-refractivity contribution < 1.29 is 9.18 Å². The fourth-order valence-corrected chi connectivity index (χ4v) is 3.04. The molecule has 8 nitrogen and oxygen atoms in total. The highest BCUT2D eigenvalue weighted by molar-refractivity contribution is 6.02. The minimum atomic E-state index is -0.844. The first-order chi connectivity index (χ1) is 13.0. The molecule has 1 amide bonds. The number of anilines is 3. The van der Waals surface area contributed by atoms with E-state index in [0.717, 1.165) is 5.82 Å². The van der Waals surface area contributed by atoms with Gasteiger partial charge in [0.05, 0.1) is 12.7 Å². The van der Waals surface area contributed by atoms with Crippen LogP contribution in [0.25, 0.3) is 5.65 Å². The molecule has 1 unspecified atom stereocenters. The van der Waals surface area contributed by atoms with Crippen molar-refractivity contribution >= 4 is 29.0 Å². The van der Waals surface area contributed by atoms with Crippen LogP contribution in [-0.4, -0.2) is 58.8 Å². The SMILES string of the molecule is CN(C)c1cccc(NC(=O)c2cnc3ccc(N4CCC(F)C4)nn23)n1. The summed E-state index contributed by atoms with van der Waals surface area (Å²) >= 11 is 0. The number of hydrogen-bond acceptors (Lipinski definition) is 6. The van der Waals surface area contributed by atoms with E-state index in [1.165, 1.54) is 10.7 Å². The molecule has 1 saturated heterocycles. The van der Waals surface area contributed by atoms with E-state index in [-0.39, 0.29) is 5.91 Å². The van der Waals surface area contributed by atoms with Gasteiger partial charge in [-0.05, 0) is 30.7 Å². The van der Waals surface area contributed by atoms with Gasteiger partial charge in [0.15, 0.2) is 11.3 Å². The zero-order valence-corrected chi connectivity index (χ0v) is 15.1. The standard InChI is InChI=1S/C18H20FN7O/c1-24(2)16-5-3-4-14(21-16)22-18(27)13-10-20-15-6-7-17(23-26(13)15)25-9-8-12(19)11-25/h3-7,10,12H,8-9,11H2,1-2H3,(H,21,22,27). The molecule has 27 heavy (non-hydrogen) atoms. The molecule has 3 aromatic heterocycles. The summed E-state index contributed by atoms with van der Waals surface area (Å²) in [6.07, 6.45) is 1.12. The number of alkyl halides is 1.